The largest absolute Gasteiger partial charge is 0.481 e. The number of aliphatic hydroxyl groups is 1. The number of H-pyrrole nitrogens is 1. The van der Waals surface area contributed by atoms with Gasteiger partial charge in [-0.3, -0.25) is 19.2 Å². The molecule has 1 aromatic heterocycles. The number of rotatable bonds is 22. The summed E-state index contributed by atoms with van der Waals surface area (Å²) in [6.07, 6.45) is 16.7. The number of carbonyl (C=O) groups is 4. The van der Waals surface area contributed by atoms with Gasteiger partial charge in [0, 0.05) is 43.4 Å². The number of nitrogens with one attached hydrogen (secondary N) is 3. The Bertz CT molecular complexity index is 1360. The van der Waals surface area contributed by atoms with Crippen molar-refractivity contribution in [2.24, 2.45) is 5.41 Å². The zero-order valence-electron chi connectivity index (χ0n) is 30.6. The van der Waals surface area contributed by atoms with E-state index in [-0.39, 0.29) is 37.1 Å². The summed E-state index contributed by atoms with van der Waals surface area (Å²) in [6, 6.07) is 8.37. The molecule has 0 spiro atoms. The van der Waals surface area contributed by atoms with Crippen molar-refractivity contribution in [2.45, 2.75) is 147 Å². The number of unbranched alkanes of at least 4 members (excludes halogenated alkanes) is 11. The molecule has 0 unspecified atom stereocenters. The number of carboxylic acid groups (broad SMARTS) is 1. The number of aromatic nitrogens is 1. The van der Waals surface area contributed by atoms with Crippen molar-refractivity contribution in [3.05, 3.63) is 42.1 Å². The maximum atomic E-state index is 13.9. The van der Waals surface area contributed by atoms with E-state index in [2.05, 4.69) is 15.6 Å². The molecule has 10 nitrogen and oxygen atoms in total. The summed E-state index contributed by atoms with van der Waals surface area (Å²) >= 11 is 1.68. The van der Waals surface area contributed by atoms with Gasteiger partial charge in [0.25, 0.3) is 0 Å². The van der Waals surface area contributed by atoms with E-state index in [0.717, 1.165) is 66.7 Å². The number of aliphatic carboxylic acids is 1. The number of thioether (sulfide) groups is 1. The van der Waals surface area contributed by atoms with Crippen LogP contribution in [0.5, 0.6) is 0 Å². The first-order valence-electron chi connectivity index (χ1n) is 18.5. The minimum absolute atomic E-state index is 0.0504. The third kappa shape index (κ3) is 13.8. The van der Waals surface area contributed by atoms with Crippen LogP contribution in [-0.2, 0) is 25.7 Å². The fraction of sp³-hybridized carbons (Fsp3) is 0.641. The summed E-state index contributed by atoms with van der Waals surface area (Å²) < 4.78 is 0. The summed E-state index contributed by atoms with van der Waals surface area (Å²) in [5, 5.41) is 25.1. The highest BCUT2D eigenvalue weighted by atomic mass is 32.2. The Morgan fingerprint density at radius 3 is 1.98 bits per heavy atom. The Hall–Kier alpha value is -3.31. The highest BCUT2D eigenvalue weighted by molar-refractivity contribution is 7.98. The Morgan fingerprint density at radius 2 is 1.44 bits per heavy atom. The molecule has 278 valence electrons. The molecule has 1 aliphatic rings. The predicted octanol–water partition coefficient (Wildman–Crippen LogP) is 7.06. The lowest BCUT2D eigenvalue weighted by atomic mass is 9.85. The van der Waals surface area contributed by atoms with Crippen LogP contribution >= 0.6 is 11.8 Å². The topological polar surface area (TPSA) is 152 Å². The maximum Gasteiger partial charge on any atom is 0.303 e. The number of aromatic amines is 1. The number of aliphatic hydroxyl groups excluding tert-OH is 1. The van der Waals surface area contributed by atoms with Gasteiger partial charge in [0.05, 0.1) is 11.8 Å². The highest BCUT2D eigenvalue weighted by Crippen LogP contribution is 2.29. The smallest absolute Gasteiger partial charge is 0.303 e. The van der Waals surface area contributed by atoms with Crippen molar-refractivity contribution in [2.75, 3.05) is 12.8 Å². The van der Waals surface area contributed by atoms with Crippen molar-refractivity contribution >= 4 is 35.5 Å². The quantitative estimate of drug-likeness (QED) is 0.0648. The molecule has 0 saturated carbocycles. The van der Waals surface area contributed by atoms with Crippen molar-refractivity contribution in [1.29, 1.82) is 0 Å². The molecule has 1 aromatic carbocycles. The molecule has 0 aliphatic carbocycles. The average Bonchev–Trinajstić information content (AvgIpc) is 3.72. The lowest BCUT2D eigenvalue weighted by molar-refractivity contribution is -0.144. The zero-order chi connectivity index (χ0) is 36.5. The monoisotopic (exact) mass is 712 g/mol. The second-order valence-electron chi connectivity index (χ2n) is 14.7. The lowest BCUT2D eigenvalue weighted by Crippen LogP contribution is -2.57. The highest BCUT2D eigenvalue weighted by Gasteiger charge is 2.44. The molecule has 2 heterocycles. The molecular weight excluding hydrogens is 653 g/mol. The van der Waals surface area contributed by atoms with Gasteiger partial charge in [0.15, 0.2) is 0 Å². The number of hydrogen-bond donors (Lipinski definition) is 5. The van der Waals surface area contributed by atoms with Gasteiger partial charge in [-0.25, -0.2) is 0 Å². The molecule has 50 heavy (non-hydrogen) atoms. The van der Waals surface area contributed by atoms with Crippen LogP contribution in [0, 0.1) is 5.41 Å². The molecule has 11 heteroatoms. The number of likely N-dealkylation sites (tertiary alicyclic amines) is 1. The van der Waals surface area contributed by atoms with Gasteiger partial charge >= 0.3 is 5.97 Å². The van der Waals surface area contributed by atoms with E-state index < -0.39 is 29.6 Å². The lowest BCUT2D eigenvalue weighted by Gasteiger charge is -2.35. The fourth-order valence-electron chi connectivity index (χ4n) is 6.53. The van der Waals surface area contributed by atoms with E-state index in [1.54, 1.807) is 11.8 Å². The van der Waals surface area contributed by atoms with E-state index in [1.807, 2.05) is 63.6 Å². The van der Waals surface area contributed by atoms with E-state index >= 15 is 0 Å². The van der Waals surface area contributed by atoms with Crippen LogP contribution < -0.4 is 10.6 Å². The molecular formula is C39H60N4O6S. The summed E-state index contributed by atoms with van der Waals surface area (Å²) in [5.41, 5.74) is 2.45. The van der Waals surface area contributed by atoms with Gasteiger partial charge in [-0.05, 0) is 41.7 Å². The van der Waals surface area contributed by atoms with E-state index in [4.69, 9.17) is 5.11 Å². The predicted molar refractivity (Wildman–Crippen MR) is 200 cm³/mol. The second-order valence-corrected chi connectivity index (χ2v) is 15.6. The van der Waals surface area contributed by atoms with Crippen LogP contribution in [0.3, 0.4) is 0 Å². The number of carbonyl (C=O) groups excluding carboxylic acids is 3. The molecule has 1 fully saturated rings. The SMILES string of the molecule is CSc1cc[nH]c1-c1ccc(CNC(=O)[C@@H]2C[C@@H](O)CN2C(=O)[C@@H](NC(=O)CCCCCCCCCCCCCCC(=O)O)C(C)(C)C)cc1. The zero-order valence-corrected chi connectivity index (χ0v) is 31.4. The number of nitrogens with zero attached hydrogens (tertiary/aromatic N) is 1. The number of carboxylic acids is 1. The van der Waals surface area contributed by atoms with E-state index in [9.17, 15) is 24.3 Å². The summed E-state index contributed by atoms with van der Waals surface area (Å²) in [5.74, 6) is -1.55. The summed E-state index contributed by atoms with van der Waals surface area (Å²) in [6.45, 7) is 6.04. The van der Waals surface area contributed by atoms with Crippen LogP contribution in [0.15, 0.2) is 41.4 Å². The van der Waals surface area contributed by atoms with E-state index in [0.29, 0.717) is 13.0 Å². The van der Waals surface area contributed by atoms with Crippen LogP contribution in [0.25, 0.3) is 11.3 Å². The van der Waals surface area contributed by atoms with Gasteiger partial charge in [0.1, 0.15) is 12.1 Å². The van der Waals surface area contributed by atoms with Crippen LogP contribution in [-0.4, -0.2) is 74.8 Å². The third-order valence-electron chi connectivity index (χ3n) is 9.47. The molecule has 3 rings (SSSR count). The molecule has 0 bridgehead atoms. The normalized spacial score (nSPS) is 16.7. The maximum absolute atomic E-state index is 13.9. The first kappa shape index (κ1) is 41.1. The number of benzene rings is 1. The van der Waals surface area contributed by atoms with Gasteiger partial charge < -0.3 is 30.7 Å². The Balaban J connectivity index is 1.39. The number of β-amino-alcohol motifs (C(OH)–C–C–N with tert-alkyl or cyclic N) is 1. The van der Waals surface area contributed by atoms with Crippen molar-refractivity contribution in [3.8, 4) is 11.3 Å². The first-order valence-corrected chi connectivity index (χ1v) is 19.7. The average molecular weight is 713 g/mol. The fourth-order valence-corrected chi connectivity index (χ4v) is 7.12. The van der Waals surface area contributed by atoms with Gasteiger partial charge in [-0.2, -0.15) is 0 Å². The Kier molecular flexibility index (Phi) is 17.4. The standard InChI is InChI=1S/C39H60N4O6S/c1-39(2,3)36(42-33(45)17-15-13-11-9-7-5-6-8-10-12-14-16-18-34(46)47)38(49)43-27-30(44)25-31(43)37(48)41-26-28-19-21-29(22-20-28)35-32(50-4)23-24-40-35/h19-24,30-31,36,40,44H,5-18,25-27H2,1-4H3,(H,41,48)(H,42,45)(H,46,47)/t30-,31+,36-/m1/s1. The molecule has 0 radical (unpaired) electrons. The molecule has 2 aromatic rings. The van der Waals surface area contributed by atoms with Gasteiger partial charge in [-0.1, -0.05) is 109 Å². The molecule has 1 aliphatic heterocycles. The Labute approximate surface area is 302 Å². The van der Waals surface area contributed by atoms with Crippen molar-refractivity contribution in [1.82, 2.24) is 20.5 Å². The third-order valence-corrected chi connectivity index (χ3v) is 10.2. The van der Waals surface area contributed by atoms with Crippen molar-refractivity contribution < 1.29 is 29.4 Å². The minimum atomic E-state index is -0.820. The van der Waals surface area contributed by atoms with Crippen LogP contribution in [0.1, 0.15) is 123 Å². The molecule has 1 saturated heterocycles. The molecule has 3 amide bonds. The Morgan fingerprint density at radius 1 is 0.880 bits per heavy atom. The van der Waals surface area contributed by atoms with Crippen LogP contribution in [0.4, 0.5) is 0 Å². The number of amides is 3. The van der Waals surface area contributed by atoms with E-state index in [1.165, 1.54) is 37.0 Å². The second kappa shape index (κ2) is 21.1. The number of hydrogen-bond acceptors (Lipinski definition) is 6. The van der Waals surface area contributed by atoms with Gasteiger partial charge in [-0.15, -0.1) is 11.8 Å². The minimum Gasteiger partial charge on any atom is -0.481 e. The van der Waals surface area contributed by atoms with Crippen molar-refractivity contribution in [3.63, 3.8) is 0 Å². The van der Waals surface area contributed by atoms with Crippen LogP contribution in [0.2, 0.25) is 0 Å². The molecule has 3 atom stereocenters. The molecule has 5 N–H and O–H groups in total. The summed E-state index contributed by atoms with van der Waals surface area (Å²) in [4.78, 5) is 56.6. The first-order chi connectivity index (χ1) is 23.9. The van der Waals surface area contributed by atoms with Gasteiger partial charge in [0.2, 0.25) is 17.7 Å². The summed E-state index contributed by atoms with van der Waals surface area (Å²) in [7, 11) is 0.